The monoisotopic (exact) mass is 474 g/mol. The van der Waals surface area contributed by atoms with Crippen molar-refractivity contribution < 1.29 is 23.9 Å². The lowest BCUT2D eigenvalue weighted by Gasteiger charge is -2.19. The number of amides is 3. The zero-order valence-corrected chi connectivity index (χ0v) is 20.4. The zero-order chi connectivity index (χ0) is 24.9. The molecule has 7 nitrogen and oxygen atoms in total. The number of anilines is 2. The maximum absolute atomic E-state index is 12.9. The van der Waals surface area contributed by atoms with E-state index in [4.69, 9.17) is 4.74 Å². The molecule has 2 aromatic rings. The topological polar surface area (TPSA) is 84.0 Å². The minimum Gasteiger partial charge on any atom is -0.426 e. The molecule has 2 saturated heterocycles. The molecule has 1 saturated carbocycles. The molecule has 3 aliphatic rings. The summed E-state index contributed by atoms with van der Waals surface area (Å²) in [6.07, 6.45) is 3.58. The summed E-state index contributed by atoms with van der Waals surface area (Å²) < 4.78 is 5.61. The number of aryl methyl sites for hydroxylation is 3. The van der Waals surface area contributed by atoms with Gasteiger partial charge in [0.25, 0.3) is 0 Å². The van der Waals surface area contributed by atoms with Gasteiger partial charge in [0.15, 0.2) is 0 Å². The Bertz CT molecular complexity index is 1210. The Kier molecular flexibility index (Phi) is 5.95. The van der Waals surface area contributed by atoms with Crippen molar-refractivity contribution in [2.24, 2.45) is 17.8 Å². The Labute approximate surface area is 205 Å². The third kappa shape index (κ3) is 4.13. The number of esters is 1. The summed E-state index contributed by atoms with van der Waals surface area (Å²) in [5.74, 6) is -1.46. The van der Waals surface area contributed by atoms with E-state index in [1.54, 1.807) is 30.0 Å². The van der Waals surface area contributed by atoms with Crippen LogP contribution in [0.2, 0.25) is 0 Å². The Balaban J connectivity index is 1.28. The van der Waals surface area contributed by atoms with Gasteiger partial charge in [-0.25, -0.2) is 4.90 Å². The number of hydrogen-bond acceptors (Lipinski definition) is 5. The molecule has 2 heterocycles. The molecule has 0 spiro atoms. The highest BCUT2D eigenvalue weighted by molar-refractivity contribution is 6.22. The van der Waals surface area contributed by atoms with E-state index in [1.165, 1.54) is 4.90 Å². The van der Waals surface area contributed by atoms with Crippen LogP contribution in [0.4, 0.5) is 11.4 Å². The van der Waals surface area contributed by atoms with Gasteiger partial charge in [0.2, 0.25) is 17.7 Å². The maximum atomic E-state index is 12.9. The summed E-state index contributed by atoms with van der Waals surface area (Å²) >= 11 is 0. The number of benzene rings is 2. The van der Waals surface area contributed by atoms with Gasteiger partial charge in [-0.05, 0) is 80.6 Å². The minimum absolute atomic E-state index is 0.0996. The fraction of sp³-hybridized carbons (Fsp3) is 0.429. The normalized spacial score (nSPS) is 24.2. The summed E-state index contributed by atoms with van der Waals surface area (Å²) in [5, 5.41) is 0. The number of hydrogen-bond donors (Lipinski definition) is 0. The molecule has 1 aliphatic carbocycles. The highest BCUT2D eigenvalue weighted by atomic mass is 16.5. The molecule has 0 bridgehead atoms. The number of fused-ring (bicyclic) bond motifs is 1. The van der Waals surface area contributed by atoms with Gasteiger partial charge in [0.1, 0.15) is 5.75 Å². The van der Waals surface area contributed by atoms with Crippen LogP contribution in [0, 0.1) is 38.5 Å². The van der Waals surface area contributed by atoms with Gasteiger partial charge >= 0.3 is 5.97 Å². The molecule has 5 rings (SSSR count). The molecule has 0 unspecified atom stereocenters. The van der Waals surface area contributed by atoms with Gasteiger partial charge in [-0.15, -0.1) is 0 Å². The minimum atomic E-state index is -0.561. The summed E-state index contributed by atoms with van der Waals surface area (Å²) in [6.45, 7) is 6.09. The fourth-order valence-corrected chi connectivity index (χ4v) is 5.55. The third-order valence-corrected chi connectivity index (χ3v) is 7.73. The summed E-state index contributed by atoms with van der Waals surface area (Å²) in [6, 6.07) is 10.8. The van der Waals surface area contributed by atoms with Gasteiger partial charge in [0, 0.05) is 18.7 Å². The zero-order valence-electron chi connectivity index (χ0n) is 20.4. The molecular weight excluding hydrogens is 444 g/mol. The molecule has 0 N–H and O–H groups in total. The molecule has 35 heavy (non-hydrogen) atoms. The first-order chi connectivity index (χ1) is 16.7. The summed E-state index contributed by atoms with van der Waals surface area (Å²) in [5.41, 5.74) is 4.26. The van der Waals surface area contributed by atoms with Crippen molar-refractivity contribution in [1.29, 1.82) is 0 Å². The standard InChI is InChI=1S/C28H30N2O5/c1-16-8-9-20(12-17(16)2)29-15-19(14-25(29)31)28(34)35-21-10-11-24(18(3)13-21)30-26(32)22-6-4-5-7-23(22)27(30)33/h8-13,19,22-23H,4-7,14-15H2,1-3H3/t19-,22-,23-/m1/s1. The van der Waals surface area contributed by atoms with E-state index in [1.807, 2.05) is 32.0 Å². The van der Waals surface area contributed by atoms with Crippen LogP contribution in [-0.4, -0.2) is 30.2 Å². The van der Waals surface area contributed by atoms with E-state index >= 15 is 0 Å². The van der Waals surface area contributed by atoms with Crippen molar-refractivity contribution in [2.75, 3.05) is 16.3 Å². The van der Waals surface area contributed by atoms with Gasteiger partial charge in [-0.2, -0.15) is 0 Å². The molecule has 2 aromatic carbocycles. The van der Waals surface area contributed by atoms with E-state index < -0.39 is 11.9 Å². The van der Waals surface area contributed by atoms with Gasteiger partial charge in [-0.3, -0.25) is 19.2 Å². The number of rotatable bonds is 4. The van der Waals surface area contributed by atoms with Crippen LogP contribution in [0.1, 0.15) is 48.8 Å². The van der Waals surface area contributed by atoms with Gasteiger partial charge < -0.3 is 9.64 Å². The molecule has 182 valence electrons. The quantitative estimate of drug-likeness (QED) is 0.376. The largest absolute Gasteiger partial charge is 0.426 e. The van der Waals surface area contributed by atoms with Crippen LogP contribution in [0.15, 0.2) is 36.4 Å². The van der Waals surface area contributed by atoms with Crippen molar-refractivity contribution in [1.82, 2.24) is 0 Å². The molecule has 3 fully saturated rings. The van der Waals surface area contributed by atoms with Crippen molar-refractivity contribution in [3.63, 3.8) is 0 Å². The van der Waals surface area contributed by atoms with Crippen molar-refractivity contribution in [2.45, 2.75) is 52.9 Å². The lowest BCUT2D eigenvalue weighted by Crippen LogP contribution is -2.31. The van der Waals surface area contributed by atoms with Crippen LogP contribution >= 0.6 is 0 Å². The van der Waals surface area contributed by atoms with Gasteiger partial charge in [-0.1, -0.05) is 18.9 Å². The molecule has 7 heteroatoms. The predicted molar refractivity (Wildman–Crippen MR) is 131 cm³/mol. The summed E-state index contributed by atoms with van der Waals surface area (Å²) in [7, 11) is 0. The smallest absolute Gasteiger partial charge is 0.316 e. The lowest BCUT2D eigenvalue weighted by molar-refractivity contribution is -0.139. The number of nitrogens with zero attached hydrogens (tertiary/aromatic N) is 2. The summed E-state index contributed by atoms with van der Waals surface area (Å²) in [4.78, 5) is 54.3. The molecule has 3 amide bonds. The molecule has 3 atom stereocenters. The van der Waals surface area contributed by atoms with Crippen molar-refractivity contribution in [3.8, 4) is 5.75 Å². The van der Waals surface area contributed by atoms with Crippen molar-refractivity contribution in [3.05, 3.63) is 53.1 Å². The molecular formula is C28H30N2O5. The third-order valence-electron chi connectivity index (χ3n) is 7.73. The van der Waals surface area contributed by atoms with Crippen molar-refractivity contribution >= 4 is 35.1 Å². The Morgan fingerprint density at radius 3 is 2.17 bits per heavy atom. The predicted octanol–water partition coefficient (Wildman–Crippen LogP) is 4.25. The second-order valence-corrected chi connectivity index (χ2v) is 10.1. The van der Waals surface area contributed by atoms with Crippen LogP contribution in [0.3, 0.4) is 0 Å². The number of imide groups is 1. The second-order valence-electron chi connectivity index (χ2n) is 10.1. The van der Waals surface area contributed by atoms with E-state index in [9.17, 15) is 19.2 Å². The highest BCUT2D eigenvalue weighted by Crippen LogP contribution is 2.41. The van der Waals surface area contributed by atoms with E-state index in [0.29, 0.717) is 17.0 Å². The average molecular weight is 475 g/mol. The SMILES string of the molecule is Cc1ccc(N2C[C@H](C(=O)Oc3ccc(N4C(=O)[C@@H]5CCCC[C@H]5C4=O)c(C)c3)CC2=O)cc1C. The highest BCUT2D eigenvalue weighted by Gasteiger charge is 2.49. The Hall–Kier alpha value is -3.48. The Morgan fingerprint density at radius 2 is 1.54 bits per heavy atom. The second kappa shape index (κ2) is 8.95. The van der Waals surface area contributed by atoms with E-state index in [2.05, 4.69) is 0 Å². The first-order valence-electron chi connectivity index (χ1n) is 12.3. The lowest BCUT2D eigenvalue weighted by atomic mass is 9.81. The molecule has 2 aliphatic heterocycles. The van der Waals surface area contributed by atoms with Crippen LogP contribution in [0.5, 0.6) is 5.75 Å². The number of carbonyl (C=O) groups is 4. The average Bonchev–Trinajstić information content (AvgIpc) is 3.34. The first kappa shape index (κ1) is 23.3. The van der Waals surface area contributed by atoms with E-state index in [0.717, 1.165) is 42.5 Å². The first-order valence-corrected chi connectivity index (χ1v) is 12.3. The van der Waals surface area contributed by atoms with Crippen LogP contribution in [-0.2, 0) is 19.2 Å². The Morgan fingerprint density at radius 1 is 0.857 bits per heavy atom. The van der Waals surface area contributed by atoms with Gasteiger partial charge in [0.05, 0.1) is 23.4 Å². The van der Waals surface area contributed by atoms with Crippen LogP contribution < -0.4 is 14.5 Å². The van der Waals surface area contributed by atoms with Crippen LogP contribution in [0.25, 0.3) is 0 Å². The molecule has 0 aromatic heterocycles. The fourth-order valence-electron chi connectivity index (χ4n) is 5.55. The number of ether oxygens (including phenoxy) is 1. The maximum Gasteiger partial charge on any atom is 0.316 e. The van der Waals surface area contributed by atoms with E-state index in [-0.39, 0.29) is 42.5 Å². The molecule has 0 radical (unpaired) electrons. The number of carbonyl (C=O) groups excluding carboxylic acids is 4.